The van der Waals surface area contributed by atoms with Gasteiger partial charge in [-0.1, -0.05) is 6.07 Å². The molecule has 3 aromatic rings. The van der Waals surface area contributed by atoms with Gasteiger partial charge < -0.3 is 34.9 Å². The average Bonchev–Trinajstić information content (AvgIpc) is 2.96. The van der Waals surface area contributed by atoms with Crippen molar-refractivity contribution in [1.29, 1.82) is 0 Å². The summed E-state index contributed by atoms with van der Waals surface area (Å²) in [6, 6.07) is 3.33. The van der Waals surface area contributed by atoms with E-state index in [0.717, 1.165) is 25.3 Å². The van der Waals surface area contributed by atoms with Crippen LogP contribution in [0.25, 0.3) is 10.9 Å². The zero-order valence-electron chi connectivity index (χ0n) is 26.1. The number of ether oxygens (including phenoxy) is 2. The first-order valence-electron chi connectivity index (χ1n) is 14.2. The number of methoxy groups -OCH3 is 1. The molecular formula is C30H33F8N5O5. The molecule has 2 atom stereocenters. The number of carbonyl (C=O) groups excluding carboxylic acids is 2. The van der Waals surface area contributed by atoms with Crippen LogP contribution in [-0.4, -0.2) is 73.4 Å². The molecule has 0 bridgehead atoms. The molecule has 1 aromatic heterocycles. The highest BCUT2D eigenvalue weighted by Crippen LogP contribution is 2.40. The molecule has 18 heteroatoms. The van der Waals surface area contributed by atoms with Crippen molar-refractivity contribution in [2.24, 2.45) is 5.73 Å². The minimum Gasteiger partial charge on any atom is -0.492 e. The number of nitrogens with two attached hydrogens (primary N) is 1. The number of nitrogens with zero attached hydrogens (tertiary/aromatic N) is 3. The molecule has 1 fully saturated rings. The van der Waals surface area contributed by atoms with Crippen LogP contribution >= 0.6 is 0 Å². The van der Waals surface area contributed by atoms with E-state index in [9.17, 15) is 45.1 Å². The summed E-state index contributed by atoms with van der Waals surface area (Å²) in [6.45, 7) is 2.43. The molecule has 0 spiro atoms. The number of amides is 2. The Morgan fingerprint density at radius 1 is 1.10 bits per heavy atom. The van der Waals surface area contributed by atoms with E-state index >= 15 is 4.39 Å². The van der Waals surface area contributed by atoms with Gasteiger partial charge in [0.15, 0.2) is 11.6 Å². The third kappa shape index (κ3) is 8.84. The smallest absolute Gasteiger partial charge is 0.492 e. The number of alkyl halides is 7. The molecule has 48 heavy (non-hydrogen) atoms. The SMILES string of the molecule is COc1c(N2CC(C)N(C=O)C(C)C2)c(F)cc2c(=O)c(C(=O)NCc3ccc(OC(F)(F)F)cc3C)cn(CC(F)(F)F)c12.NCF. The zero-order valence-corrected chi connectivity index (χ0v) is 26.1. The van der Waals surface area contributed by atoms with Crippen molar-refractivity contribution in [3.05, 3.63) is 63.2 Å². The second-order valence-electron chi connectivity index (χ2n) is 10.9. The lowest BCUT2D eigenvalue weighted by molar-refractivity contribution is -0.274. The zero-order chi connectivity index (χ0) is 36.1. The van der Waals surface area contributed by atoms with Crippen LogP contribution in [0.2, 0.25) is 0 Å². The number of rotatable bonds is 8. The number of hydrogen-bond donors (Lipinski definition) is 2. The lowest BCUT2D eigenvalue weighted by Crippen LogP contribution is -2.56. The first kappa shape index (κ1) is 37.8. The van der Waals surface area contributed by atoms with Gasteiger partial charge in [-0.2, -0.15) is 13.2 Å². The van der Waals surface area contributed by atoms with E-state index in [0.29, 0.717) is 28.3 Å². The molecule has 2 aromatic carbocycles. The Morgan fingerprint density at radius 2 is 1.71 bits per heavy atom. The summed E-state index contributed by atoms with van der Waals surface area (Å²) in [7, 11) is 1.11. The standard InChI is InChI=1S/C29H29F7N4O5.CH4FN/c1-15-7-19(45-29(34,35)36)6-5-18(15)9-37-27(43)21-12-39(13-28(31,32)33)23-20(25(21)42)8-22(30)24(26(23)44-4)38-10-16(2)40(14-41)17(3)11-38;2-1-3/h5-8,12,14,16-17H,9-11,13H2,1-4H3,(H,37,43);1,3H2. The van der Waals surface area contributed by atoms with Crippen molar-refractivity contribution in [3.8, 4) is 11.5 Å². The minimum absolute atomic E-state index is 0.120. The summed E-state index contributed by atoms with van der Waals surface area (Å²) in [5.41, 5.74) is 2.43. The molecule has 2 unspecified atom stereocenters. The van der Waals surface area contributed by atoms with Crippen LogP contribution in [0.3, 0.4) is 0 Å². The Hall–Kier alpha value is -4.61. The van der Waals surface area contributed by atoms with Crippen molar-refractivity contribution >= 4 is 28.9 Å². The third-order valence-electron chi connectivity index (χ3n) is 7.45. The molecule has 1 saturated heterocycles. The number of aryl methyl sites for hydroxylation is 1. The molecular weight excluding hydrogens is 662 g/mol. The number of piperazine rings is 1. The molecule has 0 saturated carbocycles. The summed E-state index contributed by atoms with van der Waals surface area (Å²) in [4.78, 5) is 41.1. The topological polar surface area (TPSA) is 119 Å². The fourth-order valence-electron chi connectivity index (χ4n) is 5.52. The highest BCUT2D eigenvalue weighted by molar-refractivity contribution is 5.99. The van der Waals surface area contributed by atoms with Crippen LogP contribution in [0, 0.1) is 12.7 Å². The number of hydrogen-bond acceptors (Lipinski definition) is 7. The predicted octanol–water partition coefficient (Wildman–Crippen LogP) is 4.78. The Bertz CT molecular complexity index is 1680. The van der Waals surface area contributed by atoms with E-state index in [1.54, 1.807) is 13.8 Å². The maximum Gasteiger partial charge on any atom is 0.573 e. The van der Waals surface area contributed by atoms with E-state index in [4.69, 9.17) is 4.74 Å². The Morgan fingerprint density at radius 3 is 2.21 bits per heavy atom. The molecule has 1 aliphatic heterocycles. The minimum atomic E-state index is -4.92. The largest absolute Gasteiger partial charge is 0.573 e. The summed E-state index contributed by atoms with van der Waals surface area (Å²) in [5.74, 6) is -2.93. The Labute approximate surface area is 269 Å². The number of aromatic nitrogens is 1. The van der Waals surface area contributed by atoms with Crippen LogP contribution in [0.15, 0.2) is 35.3 Å². The molecule has 264 valence electrons. The van der Waals surface area contributed by atoms with E-state index in [2.05, 4.69) is 15.8 Å². The summed E-state index contributed by atoms with van der Waals surface area (Å²) in [6.07, 6.45) is -8.38. The number of carbonyl (C=O) groups is 2. The van der Waals surface area contributed by atoms with Crippen LogP contribution in [-0.2, 0) is 17.9 Å². The van der Waals surface area contributed by atoms with Gasteiger partial charge in [0, 0.05) is 37.9 Å². The van der Waals surface area contributed by atoms with Gasteiger partial charge in [0.2, 0.25) is 11.8 Å². The van der Waals surface area contributed by atoms with Crippen molar-refractivity contribution < 1.29 is 54.2 Å². The number of nitrogens with one attached hydrogen (secondary N) is 1. The molecule has 0 radical (unpaired) electrons. The molecule has 0 aliphatic carbocycles. The van der Waals surface area contributed by atoms with E-state index in [1.807, 2.05) is 0 Å². The van der Waals surface area contributed by atoms with Gasteiger partial charge in [-0.3, -0.25) is 14.4 Å². The molecule has 10 nitrogen and oxygen atoms in total. The molecule has 1 aliphatic rings. The number of pyridine rings is 1. The van der Waals surface area contributed by atoms with Crippen molar-refractivity contribution in [2.75, 3.05) is 31.9 Å². The van der Waals surface area contributed by atoms with E-state index < -0.39 is 59.7 Å². The maximum absolute atomic E-state index is 15.8. The summed E-state index contributed by atoms with van der Waals surface area (Å²) < 4.78 is 115. The predicted molar refractivity (Wildman–Crippen MR) is 159 cm³/mol. The fraction of sp³-hybridized carbons (Fsp3) is 0.433. The fourth-order valence-corrected chi connectivity index (χ4v) is 5.52. The average molecular weight is 696 g/mol. The van der Waals surface area contributed by atoms with Crippen molar-refractivity contribution in [3.63, 3.8) is 0 Å². The summed E-state index contributed by atoms with van der Waals surface area (Å²) in [5, 5.41) is 1.84. The van der Waals surface area contributed by atoms with E-state index in [-0.39, 0.29) is 48.7 Å². The van der Waals surface area contributed by atoms with Crippen molar-refractivity contribution in [2.45, 2.75) is 58.5 Å². The lowest BCUT2D eigenvalue weighted by atomic mass is 10.0. The van der Waals surface area contributed by atoms with Gasteiger partial charge in [0.25, 0.3) is 5.91 Å². The highest BCUT2D eigenvalue weighted by atomic mass is 19.4. The number of anilines is 1. The van der Waals surface area contributed by atoms with Crippen LogP contribution in [0.4, 0.5) is 40.8 Å². The second kappa shape index (κ2) is 15.1. The Balaban J connectivity index is 0.00000201. The normalized spacial score (nSPS) is 16.7. The highest BCUT2D eigenvalue weighted by Gasteiger charge is 2.35. The van der Waals surface area contributed by atoms with Crippen molar-refractivity contribution in [1.82, 2.24) is 14.8 Å². The molecule has 3 N–H and O–H groups in total. The van der Waals surface area contributed by atoms with Crippen LogP contribution in [0.1, 0.15) is 35.3 Å². The number of fused-ring (bicyclic) bond motifs is 1. The second-order valence-corrected chi connectivity index (χ2v) is 10.9. The van der Waals surface area contributed by atoms with Gasteiger partial charge in [0.05, 0.1) is 18.0 Å². The maximum atomic E-state index is 15.8. The van der Waals surface area contributed by atoms with Gasteiger partial charge in [-0.25, -0.2) is 8.78 Å². The van der Waals surface area contributed by atoms with Crippen LogP contribution in [0.5, 0.6) is 11.5 Å². The quantitative estimate of drug-likeness (QED) is 0.198. The monoisotopic (exact) mass is 695 g/mol. The summed E-state index contributed by atoms with van der Waals surface area (Å²) >= 11 is 0. The molecule has 2 amide bonds. The van der Waals surface area contributed by atoms with Gasteiger partial charge in [0.1, 0.15) is 30.3 Å². The molecule has 4 rings (SSSR count). The lowest BCUT2D eigenvalue weighted by Gasteiger charge is -2.44. The van der Waals surface area contributed by atoms with Gasteiger partial charge in [-0.15, -0.1) is 13.2 Å². The van der Waals surface area contributed by atoms with E-state index in [1.165, 1.54) is 22.8 Å². The first-order chi connectivity index (χ1) is 22.3. The number of halogens is 8. The third-order valence-corrected chi connectivity index (χ3v) is 7.45. The van der Waals surface area contributed by atoms with Gasteiger partial charge in [-0.05, 0) is 50.1 Å². The van der Waals surface area contributed by atoms with Gasteiger partial charge >= 0.3 is 12.5 Å². The first-order valence-corrected chi connectivity index (χ1v) is 14.2. The Kier molecular flexibility index (Phi) is 11.9. The molecule has 2 heterocycles. The van der Waals surface area contributed by atoms with Crippen LogP contribution < -0.4 is 30.9 Å². The number of benzene rings is 2.